The molecular weight excluding hydrogens is 234 g/mol. The van der Waals surface area contributed by atoms with Crippen molar-refractivity contribution in [3.63, 3.8) is 0 Å². The van der Waals surface area contributed by atoms with E-state index in [2.05, 4.69) is 5.32 Å². The van der Waals surface area contributed by atoms with Crippen LogP contribution in [0.3, 0.4) is 0 Å². The maximum atomic E-state index is 12.2. The first-order valence-corrected chi connectivity index (χ1v) is 6.50. The maximum Gasteiger partial charge on any atom is 0.307 e. The van der Waals surface area contributed by atoms with Crippen molar-refractivity contribution in [3.05, 3.63) is 0 Å². The normalized spacial score (nSPS) is 31.9. The van der Waals surface area contributed by atoms with Crippen LogP contribution in [0.25, 0.3) is 0 Å². The largest absolute Gasteiger partial charge is 0.481 e. The van der Waals surface area contributed by atoms with Gasteiger partial charge < -0.3 is 15.5 Å². The lowest BCUT2D eigenvalue weighted by atomic mass is 9.98. The molecule has 3 N–H and O–H groups in total. The molecule has 5 heteroatoms. The number of aliphatic hydroxyl groups excluding tert-OH is 1. The van der Waals surface area contributed by atoms with Gasteiger partial charge in [0.05, 0.1) is 24.0 Å². The zero-order valence-electron chi connectivity index (χ0n) is 10.9. The number of carbonyl (C=O) groups excluding carboxylic acids is 1. The molecule has 2 saturated carbocycles. The fourth-order valence-corrected chi connectivity index (χ4v) is 3.30. The molecule has 2 aliphatic rings. The van der Waals surface area contributed by atoms with Gasteiger partial charge in [-0.2, -0.15) is 0 Å². The molecule has 2 fully saturated rings. The second-order valence-electron chi connectivity index (χ2n) is 6.25. The Kier molecular flexibility index (Phi) is 3.13. The van der Waals surface area contributed by atoms with Crippen molar-refractivity contribution in [2.75, 3.05) is 6.61 Å². The minimum absolute atomic E-state index is 0.0658. The SMILES string of the molecule is CC1(C)C(C(=O)O)C1C(=O)NC1(CO)CCCC1. The minimum Gasteiger partial charge on any atom is -0.481 e. The molecule has 1 amide bonds. The third-order valence-corrected chi connectivity index (χ3v) is 4.63. The number of aliphatic hydroxyl groups is 1. The number of hydrogen-bond donors (Lipinski definition) is 3. The third-order valence-electron chi connectivity index (χ3n) is 4.63. The zero-order valence-corrected chi connectivity index (χ0v) is 10.9. The first-order valence-electron chi connectivity index (χ1n) is 6.50. The number of carboxylic acids is 1. The summed E-state index contributed by atoms with van der Waals surface area (Å²) in [5.74, 6) is -2.21. The minimum atomic E-state index is -0.912. The quantitative estimate of drug-likeness (QED) is 0.692. The third kappa shape index (κ3) is 2.00. The van der Waals surface area contributed by atoms with Gasteiger partial charge in [0.1, 0.15) is 0 Å². The molecule has 18 heavy (non-hydrogen) atoms. The molecule has 102 valence electrons. The number of nitrogens with one attached hydrogen (secondary N) is 1. The lowest BCUT2D eigenvalue weighted by molar-refractivity contribution is -0.140. The van der Waals surface area contributed by atoms with Crippen molar-refractivity contribution in [1.82, 2.24) is 5.32 Å². The molecule has 2 aliphatic carbocycles. The van der Waals surface area contributed by atoms with E-state index in [9.17, 15) is 14.7 Å². The van der Waals surface area contributed by atoms with Gasteiger partial charge in [0.15, 0.2) is 0 Å². The van der Waals surface area contributed by atoms with Crippen LogP contribution in [0.1, 0.15) is 39.5 Å². The summed E-state index contributed by atoms with van der Waals surface area (Å²) in [5.41, 5.74) is -0.996. The monoisotopic (exact) mass is 255 g/mol. The van der Waals surface area contributed by atoms with E-state index in [-0.39, 0.29) is 12.5 Å². The van der Waals surface area contributed by atoms with Gasteiger partial charge in [-0.15, -0.1) is 0 Å². The molecular formula is C13H21NO4. The fourth-order valence-electron chi connectivity index (χ4n) is 3.30. The Bertz CT molecular complexity index is 371. The van der Waals surface area contributed by atoms with Gasteiger partial charge in [-0.25, -0.2) is 0 Å². The van der Waals surface area contributed by atoms with Crippen molar-refractivity contribution in [2.24, 2.45) is 17.3 Å². The molecule has 0 bridgehead atoms. The predicted octanol–water partition coefficient (Wildman–Crippen LogP) is 0.764. The van der Waals surface area contributed by atoms with Gasteiger partial charge >= 0.3 is 5.97 Å². The van der Waals surface area contributed by atoms with Crippen molar-refractivity contribution in [3.8, 4) is 0 Å². The van der Waals surface area contributed by atoms with Crippen molar-refractivity contribution in [2.45, 2.75) is 45.1 Å². The van der Waals surface area contributed by atoms with Crippen molar-refractivity contribution >= 4 is 11.9 Å². The van der Waals surface area contributed by atoms with E-state index in [0.29, 0.717) is 0 Å². The fraction of sp³-hybridized carbons (Fsp3) is 0.846. The standard InChI is InChI=1S/C13H21NO4/c1-12(2)8(9(12)11(17)18)10(16)14-13(7-15)5-3-4-6-13/h8-9,15H,3-7H2,1-2H3,(H,14,16)(H,17,18). The Hall–Kier alpha value is -1.10. The van der Waals surface area contributed by atoms with Gasteiger partial charge in [0.25, 0.3) is 0 Å². The summed E-state index contributed by atoms with van der Waals surface area (Å²) in [6.07, 6.45) is 3.55. The van der Waals surface area contributed by atoms with Crippen LogP contribution in [0, 0.1) is 17.3 Å². The summed E-state index contributed by atoms with van der Waals surface area (Å²) in [6.45, 7) is 3.54. The van der Waals surface area contributed by atoms with Crippen LogP contribution in [0.5, 0.6) is 0 Å². The summed E-state index contributed by atoms with van der Waals surface area (Å²) in [6, 6.07) is 0. The molecule has 0 aromatic rings. The van der Waals surface area contributed by atoms with Crippen LogP contribution < -0.4 is 5.32 Å². The van der Waals surface area contributed by atoms with E-state index in [1.807, 2.05) is 0 Å². The smallest absolute Gasteiger partial charge is 0.307 e. The lowest BCUT2D eigenvalue weighted by Crippen LogP contribution is -2.50. The number of carboxylic acid groups (broad SMARTS) is 1. The lowest BCUT2D eigenvalue weighted by Gasteiger charge is -2.28. The molecule has 0 saturated heterocycles. The topological polar surface area (TPSA) is 86.6 Å². The van der Waals surface area contributed by atoms with E-state index in [1.54, 1.807) is 13.8 Å². The van der Waals surface area contributed by atoms with Crippen molar-refractivity contribution in [1.29, 1.82) is 0 Å². The molecule has 2 rings (SSSR count). The van der Waals surface area contributed by atoms with Crippen LogP contribution in [0.4, 0.5) is 0 Å². The zero-order chi connectivity index (χ0) is 13.6. The molecule has 0 radical (unpaired) electrons. The summed E-state index contributed by atoms with van der Waals surface area (Å²) in [4.78, 5) is 23.2. The number of carbonyl (C=O) groups is 2. The highest BCUT2D eigenvalue weighted by atomic mass is 16.4. The van der Waals surface area contributed by atoms with Gasteiger partial charge in [-0.05, 0) is 18.3 Å². The number of rotatable bonds is 4. The van der Waals surface area contributed by atoms with Gasteiger partial charge in [0, 0.05) is 0 Å². The average Bonchev–Trinajstić information content (AvgIpc) is 2.67. The molecule has 5 nitrogen and oxygen atoms in total. The van der Waals surface area contributed by atoms with Crippen LogP contribution in [0.2, 0.25) is 0 Å². The molecule has 0 aromatic carbocycles. The average molecular weight is 255 g/mol. The Morgan fingerprint density at radius 1 is 1.22 bits per heavy atom. The van der Waals surface area contributed by atoms with Gasteiger partial charge in [-0.1, -0.05) is 26.7 Å². The van der Waals surface area contributed by atoms with Crippen molar-refractivity contribution < 1.29 is 19.8 Å². The second-order valence-corrected chi connectivity index (χ2v) is 6.25. The highest BCUT2D eigenvalue weighted by Crippen LogP contribution is 2.58. The van der Waals surface area contributed by atoms with E-state index >= 15 is 0 Å². The van der Waals surface area contributed by atoms with Gasteiger partial charge in [-0.3, -0.25) is 9.59 Å². The first kappa shape index (κ1) is 13.3. The molecule has 2 unspecified atom stereocenters. The van der Waals surface area contributed by atoms with E-state index in [0.717, 1.165) is 25.7 Å². The van der Waals surface area contributed by atoms with Crippen LogP contribution in [-0.2, 0) is 9.59 Å². The van der Waals surface area contributed by atoms with E-state index in [4.69, 9.17) is 5.11 Å². The Balaban J connectivity index is 2.03. The Morgan fingerprint density at radius 3 is 2.17 bits per heavy atom. The summed E-state index contributed by atoms with van der Waals surface area (Å²) in [7, 11) is 0. The number of hydrogen-bond acceptors (Lipinski definition) is 3. The highest BCUT2D eigenvalue weighted by molar-refractivity contribution is 5.92. The molecule has 0 aliphatic heterocycles. The van der Waals surface area contributed by atoms with Crippen LogP contribution in [0.15, 0.2) is 0 Å². The number of aliphatic carboxylic acids is 1. The second kappa shape index (κ2) is 4.23. The predicted molar refractivity (Wildman–Crippen MR) is 64.8 cm³/mol. The molecule has 2 atom stereocenters. The number of amides is 1. The van der Waals surface area contributed by atoms with Crippen LogP contribution >= 0.6 is 0 Å². The van der Waals surface area contributed by atoms with Crippen LogP contribution in [-0.4, -0.2) is 34.2 Å². The maximum absolute atomic E-state index is 12.2. The van der Waals surface area contributed by atoms with E-state index in [1.165, 1.54) is 0 Å². The molecule has 0 heterocycles. The summed E-state index contributed by atoms with van der Waals surface area (Å²) < 4.78 is 0. The summed E-state index contributed by atoms with van der Waals surface area (Å²) in [5, 5.41) is 21.4. The van der Waals surface area contributed by atoms with E-state index < -0.39 is 28.8 Å². The van der Waals surface area contributed by atoms with Gasteiger partial charge in [0.2, 0.25) is 5.91 Å². The Labute approximate surface area is 107 Å². The molecule has 0 spiro atoms. The summed E-state index contributed by atoms with van der Waals surface area (Å²) >= 11 is 0. The Morgan fingerprint density at radius 2 is 1.78 bits per heavy atom. The molecule has 0 aromatic heterocycles. The first-order chi connectivity index (χ1) is 8.34. The highest BCUT2D eigenvalue weighted by Gasteiger charge is 2.66.